The minimum atomic E-state index is -0.435. The molecule has 0 aliphatic rings. The van der Waals surface area contributed by atoms with Crippen molar-refractivity contribution in [1.82, 2.24) is 4.98 Å². The highest BCUT2D eigenvalue weighted by Gasteiger charge is 2.25. The van der Waals surface area contributed by atoms with Crippen molar-refractivity contribution in [1.29, 1.82) is 0 Å². The van der Waals surface area contributed by atoms with Crippen LogP contribution in [0.4, 0.5) is 5.69 Å². The van der Waals surface area contributed by atoms with Crippen LogP contribution in [0.5, 0.6) is 0 Å². The monoisotopic (exact) mass is 342 g/mol. The number of benzene rings is 1. The molecule has 0 spiro atoms. The van der Waals surface area contributed by atoms with E-state index in [4.69, 9.17) is 4.74 Å². The maximum absolute atomic E-state index is 12.8. The molecule has 134 valence electrons. The van der Waals surface area contributed by atoms with Crippen LogP contribution in [0.15, 0.2) is 24.3 Å². The summed E-state index contributed by atoms with van der Waals surface area (Å²) in [6.07, 6.45) is 0. The topological polar surface area (TPSA) is 71.2 Å². The molecule has 0 unspecified atom stereocenters. The summed E-state index contributed by atoms with van der Waals surface area (Å²) in [5, 5.41) is 3.22. The van der Waals surface area contributed by atoms with Crippen molar-refractivity contribution in [2.75, 3.05) is 12.4 Å². The van der Waals surface area contributed by atoms with E-state index in [1.807, 2.05) is 19.1 Å². The van der Waals surface area contributed by atoms with Gasteiger partial charge in [0.15, 0.2) is 0 Å². The Kier molecular flexibility index (Phi) is 5.67. The normalized spacial score (nSPS) is 12.1. The second-order valence-electron chi connectivity index (χ2n) is 6.62. The molecule has 0 aliphatic heterocycles. The van der Waals surface area contributed by atoms with Gasteiger partial charge in [0.25, 0.3) is 0 Å². The van der Waals surface area contributed by atoms with Crippen molar-refractivity contribution in [2.45, 2.75) is 46.6 Å². The number of rotatable bonds is 6. The van der Waals surface area contributed by atoms with Crippen molar-refractivity contribution in [3.63, 3.8) is 0 Å². The molecule has 2 rings (SSSR count). The van der Waals surface area contributed by atoms with Gasteiger partial charge in [-0.3, -0.25) is 4.79 Å². The van der Waals surface area contributed by atoms with Crippen LogP contribution in [0.2, 0.25) is 0 Å². The van der Waals surface area contributed by atoms with Gasteiger partial charge in [0.1, 0.15) is 0 Å². The fourth-order valence-corrected chi connectivity index (χ4v) is 2.90. The smallest absolute Gasteiger partial charge is 0.339 e. The second-order valence-corrected chi connectivity index (χ2v) is 6.62. The van der Waals surface area contributed by atoms with Gasteiger partial charge in [-0.25, -0.2) is 4.79 Å². The Morgan fingerprint density at radius 2 is 1.68 bits per heavy atom. The van der Waals surface area contributed by atoms with E-state index in [0.717, 1.165) is 5.69 Å². The molecule has 2 aromatic rings. The van der Waals surface area contributed by atoms with Crippen LogP contribution in [0, 0.1) is 13.8 Å². The molecule has 0 saturated carbocycles. The Morgan fingerprint density at radius 1 is 1.08 bits per heavy atom. The molecular weight excluding hydrogens is 316 g/mol. The molecule has 1 atom stereocenters. The number of esters is 1. The van der Waals surface area contributed by atoms with Gasteiger partial charge in [-0.1, -0.05) is 26.0 Å². The summed E-state index contributed by atoms with van der Waals surface area (Å²) in [5.41, 5.74) is 4.28. The van der Waals surface area contributed by atoms with Crippen molar-refractivity contribution in [3.8, 4) is 0 Å². The number of aromatic nitrogens is 1. The van der Waals surface area contributed by atoms with Crippen molar-refractivity contribution < 1.29 is 14.3 Å². The number of H-pyrrole nitrogens is 1. The number of hydrogen-bond donors (Lipinski definition) is 2. The fraction of sp³-hybridized carbons (Fsp3) is 0.400. The third-order valence-electron chi connectivity index (χ3n) is 4.43. The average Bonchev–Trinajstić information content (AvgIpc) is 2.88. The summed E-state index contributed by atoms with van der Waals surface area (Å²) >= 11 is 0. The number of aromatic amines is 1. The van der Waals surface area contributed by atoms with Crippen LogP contribution < -0.4 is 5.32 Å². The molecule has 25 heavy (non-hydrogen) atoms. The quantitative estimate of drug-likeness (QED) is 0.609. The Labute approximate surface area is 148 Å². The lowest BCUT2D eigenvalue weighted by Crippen LogP contribution is -2.27. The lowest BCUT2D eigenvalue weighted by Gasteiger charge is -2.15. The van der Waals surface area contributed by atoms with Crippen LogP contribution in [-0.4, -0.2) is 29.9 Å². The van der Waals surface area contributed by atoms with E-state index in [1.165, 1.54) is 12.7 Å². The van der Waals surface area contributed by atoms with Crippen LogP contribution in [-0.2, 0) is 4.74 Å². The molecule has 1 aromatic heterocycles. The second kappa shape index (κ2) is 7.55. The third kappa shape index (κ3) is 3.92. The summed E-state index contributed by atoms with van der Waals surface area (Å²) in [4.78, 5) is 27.7. The van der Waals surface area contributed by atoms with Gasteiger partial charge in [0.05, 0.1) is 24.4 Å². The highest BCUT2D eigenvalue weighted by molar-refractivity contribution is 6.04. The van der Waals surface area contributed by atoms with Gasteiger partial charge >= 0.3 is 5.97 Å². The number of Topliss-reactive ketones (excluding diaryl/α,β-unsaturated/α-hetero) is 1. The van der Waals surface area contributed by atoms with E-state index in [-0.39, 0.29) is 5.78 Å². The molecule has 1 aromatic carbocycles. The Bertz CT molecular complexity index is 773. The van der Waals surface area contributed by atoms with E-state index >= 15 is 0 Å². The zero-order chi connectivity index (χ0) is 18.7. The summed E-state index contributed by atoms with van der Waals surface area (Å²) in [6.45, 7) is 9.62. The zero-order valence-electron chi connectivity index (χ0n) is 15.7. The van der Waals surface area contributed by atoms with Crippen molar-refractivity contribution in [2.24, 2.45) is 0 Å². The summed E-state index contributed by atoms with van der Waals surface area (Å²) in [6, 6.07) is 7.65. The van der Waals surface area contributed by atoms with E-state index in [0.29, 0.717) is 28.4 Å². The maximum Gasteiger partial charge on any atom is 0.339 e. The lowest BCUT2D eigenvalue weighted by molar-refractivity contribution is 0.0599. The number of aryl methyl sites for hydroxylation is 1. The highest BCUT2D eigenvalue weighted by Crippen LogP contribution is 2.22. The first kappa shape index (κ1) is 18.8. The Morgan fingerprint density at radius 3 is 2.20 bits per heavy atom. The van der Waals surface area contributed by atoms with Crippen LogP contribution in [0.3, 0.4) is 0 Å². The first-order chi connectivity index (χ1) is 11.8. The molecule has 0 bridgehead atoms. The minimum Gasteiger partial charge on any atom is -0.465 e. The van der Waals surface area contributed by atoms with Gasteiger partial charge < -0.3 is 15.0 Å². The van der Waals surface area contributed by atoms with E-state index in [1.54, 1.807) is 13.8 Å². The summed E-state index contributed by atoms with van der Waals surface area (Å²) < 4.78 is 4.79. The predicted molar refractivity (Wildman–Crippen MR) is 99.6 cm³/mol. The van der Waals surface area contributed by atoms with Crippen molar-refractivity contribution in [3.05, 3.63) is 52.3 Å². The van der Waals surface area contributed by atoms with Crippen LogP contribution in [0.1, 0.15) is 64.4 Å². The third-order valence-corrected chi connectivity index (χ3v) is 4.43. The standard InChI is InChI=1S/C20H26N2O3/c1-11(2)15-7-9-16(10-8-15)21-14(5)19(23)18-12(3)17(13(4)22-18)20(24)25-6/h7-11,14,21-22H,1-6H3/t14-/m1/s1. The molecule has 0 fully saturated rings. The van der Waals surface area contributed by atoms with Crippen LogP contribution in [0.25, 0.3) is 0 Å². The van der Waals surface area contributed by atoms with E-state index in [9.17, 15) is 9.59 Å². The molecular formula is C20H26N2O3. The Hall–Kier alpha value is -2.56. The molecule has 0 amide bonds. The molecule has 0 saturated heterocycles. The number of anilines is 1. The van der Waals surface area contributed by atoms with Gasteiger partial charge in [-0.05, 0) is 49.9 Å². The number of carbonyl (C=O) groups excluding carboxylic acids is 2. The largest absolute Gasteiger partial charge is 0.465 e. The molecule has 2 N–H and O–H groups in total. The van der Waals surface area contributed by atoms with Gasteiger partial charge in [-0.2, -0.15) is 0 Å². The van der Waals surface area contributed by atoms with Gasteiger partial charge in [0, 0.05) is 11.4 Å². The number of methoxy groups -OCH3 is 1. The number of carbonyl (C=O) groups is 2. The molecule has 0 aliphatic carbocycles. The molecule has 1 heterocycles. The lowest BCUT2D eigenvalue weighted by atomic mass is 10.0. The number of nitrogens with one attached hydrogen (secondary N) is 2. The minimum absolute atomic E-state index is 0.0938. The summed E-state index contributed by atoms with van der Waals surface area (Å²) in [5.74, 6) is -0.0618. The number of ether oxygens (including phenoxy) is 1. The molecule has 5 heteroatoms. The number of ketones is 1. The zero-order valence-corrected chi connectivity index (χ0v) is 15.7. The molecule has 5 nitrogen and oxygen atoms in total. The highest BCUT2D eigenvalue weighted by atomic mass is 16.5. The first-order valence-corrected chi connectivity index (χ1v) is 8.44. The van der Waals surface area contributed by atoms with Gasteiger partial charge in [0.2, 0.25) is 5.78 Å². The maximum atomic E-state index is 12.8. The van der Waals surface area contributed by atoms with E-state index < -0.39 is 12.0 Å². The SMILES string of the molecule is COC(=O)c1c(C)[nH]c(C(=O)[C@@H](C)Nc2ccc(C(C)C)cc2)c1C. The summed E-state index contributed by atoms with van der Waals surface area (Å²) in [7, 11) is 1.33. The first-order valence-electron chi connectivity index (χ1n) is 8.44. The van der Waals surface area contributed by atoms with Crippen molar-refractivity contribution >= 4 is 17.4 Å². The Balaban J connectivity index is 2.19. The van der Waals surface area contributed by atoms with Gasteiger partial charge in [-0.15, -0.1) is 0 Å². The van der Waals surface area contributed by atoms with E-state index in [2.05, 4.69) is 36.3 Å². The number of hydrogen-bond acceptors (Lipinski definition) is 4. The predicted octanol–water partition coefficient (Wildman–Crippen LogP) is 4.22. The molecule has 0 radical (unpaired) electrons. The average molecular weight is 342 g/mol. The fourth-order valence-electron chi connectivity index (χ4n) is 2.90. The van der Waals surface area contributed by atoms with Crippen LogP contribution >= 0.6 is 0 Å².